The Morgan fingerprint density at radius 2 is 2.21 bits per heavy atom. The van der Waals surface area contributed by atoms with Gasteiger partial charge in [0.05, 0.1) is 5.84 Å². The van der Waals surface area contributed by atoms with Gasteiger partial charge in [-0.25, -0.2) is 0 Å². The lowest BCUT2D eigenvalue weighted by Gasteiger charge is -2.29. The highest BCUT2D eigenvalue weighted by molar-refractivity contribution is 5.79. The lowest BCUT2D eigenvalue weighted by molar-refractivity contribution is -0.118. The minimum Gasteiger partial charge on any atom is -0.370 e. The minimum atomic E-state index is -0.223. The third-order valence-corrected chi connectivity index (χ3v) is 2.57. The largest absolute Gasteiger partial charge is 0.370 e. The van der Waals surface area contributed by atoms with Crippen LogP contribution in [0.2, 0.25) is 0 Å². The molecule has 0 bridgehead atoms. The van der Waals surface area contributed by atoms with Gasteiger partial charge in [-0.05, 0) is 25.7 Å². The van der Waals surface area contributed by atoms with Gasteiger partial charge in [0, 0.05) is 25.9 Å². The quantitative estimate of drug-likeness (QED) is 0.648. The molecular formula is C10H19N3O. The van der Waals surface area contributed by atoms with Crippen molar-refractivity contribution in [1.82, 2.24) is 4.90 Å². The number of amidine groups is 1. The fraction of sp³-hybridized carbons (Fsp3) is 0.800. The molecule has 0 unspecified atom stereocenters. The van der Waals surface area contributed by atoms with Crippen molar-refractivity contribution in [2.45, 2.75) is 38.5 Å². The summed E-state index contributed by atoms with van der Waals surface area (Å²) in [6.45, 7) is 1.92. The number of primary amides is 1. The topological polar surface area (TPSA) is 70.2 Å². The predicted octanol–water partition coefficient (Wildman–Crippen LogP) is 1.11. The van der Waals surface area contributed by atoms with Crippen LogP contribution in [0.5, 0.6) is 0 Å². The van der Waals surface area contributed by atoms with E-state index in [4.69, 9.17) is 11.1 Å². The molecule has 1 saturated heterocycles. The van der Waals surface area contributed by atoms with Gasteiger partial charge in [0.2, 0.25) is 5.91 Å². The summed E-state index contributed by atoms with van der Waals surface area (Å²) in [6.07, 6.45) is 5.54. The summed E-state index contributed by atoms with van der Waals surface area (Å²) < 4.78 is 0. The monoisotopic (exact) mass is 197 g/mol. The first-order chi connectivity index (χ1) is 6.70. The standard InChI is InChI=1S/C10H19N3O/c11-9-5-1-3-7-13(9)8-4-2-6-10(12)14/h11H,1-8H2,(H2,12,14). The van der Waals surface area contributed by atoms with E-state index in [9.17, 15) is 4.79 Å². The van der Waals surface area contributed by atoms with E-state index in [0.717, 1.165) is 44.6 Å². The lowest BCUT2D eigenvalue weighted by Crippen LogP contribution is -2.35. The number of carbonyl (C=O) groups excluding carboxylic acids is 1. The zero-order valence-electron chi connectivity index (χ0n) is 8.59. The average molecular weight is 197 g/mol. The number of unbranched alkanes of at least 4 members (excludes halogenated alkanes) is 1. The molecule has 80 valence electrons. The van der Waals surface area contributed by atoms with Gasteiger partial charge in [0.25, 0.3) is 0 Å². The zero-order valence-corrected chi connectivity index (χ0v) is 8.59. The second-order valence-corrected chi connectivity index (χ2v) is 3.81. The van der Waals surface area contributed by atoms with Crippen molar-refractivity contribution in [3.05, 3.63) is 0 Å². The van der Waals surface area contributed by atoms with E-state index >= 15 is 0 Å². The highest BCUT2D eigenvalue weighted by Crippen LogP contribution is 2.11. The fourth-order valence-electron chi connectivity index (χ4n) is 1.74. The van der Waals surface area contributed by atoms with Crippen molar-refractivity contribution < 1.29 is 4.79 Å². The number of nitrogens with one attached hydrogen (secondary N) is 1. The molecule has 14 heavy (non-hydrogen) atoms. The van der Waals surface area contributed by atoms with Gasteiger partial charge >= 0.3 is 0 Å². The molecule has 0 aliphatic carbocycles. The van der Waals surface area contributed by atoms with Crippen LogP contribution in [0.15, 0.2) is 0 Å². The SMILES string of the molecule is N=C1CCCCN1CCCCC(N)=O. The number of hydrogen-bond donors (Lipinski definition) is 2. The lowest BCUT2D eigenvalue weighted by atomic mass is 10.1. The number of amides is 1. The van der Waals surface area contributed by atoms with Crippen LogP contribution in [0.3, 0.4) is 0 Å². The van der Waals surface area contributed by atoms with Crippen LogP contribution >= 0.6 is 0 Å². The number of nitrogens with two attached hydrogens (primary N) is 1. The van der Waals surface area contributed by atoms with Gasteiger partial charge in [-0.15, -0.1) is 0 Å². The number of carbonyl (C=O) groups is 1. The van der Waals surface area contributed by atoms with Crippen molar-refractivity contribution in [1.29, 1.82) is 5.41 Å². The minimum absolute atomic E-state index is 0.223. The predicted molar refractivity (Wildman–Crippen MR) is 56.2 cm³/mol. The first-order valence-corrected chi connectivity index (χ1v) is 5.31. The number of nitrogens with zero attached hydrogens (tertiary/aromatic N) is 1. The van der Waals surface area contributed by atoms with Gasteiger partial charge in [-0.3, -0.25) is 10.2 Å². The van der Waals surface area contributed by atoms with Crippen LogP contribution in [0.25, 0.3) is 0 Å². The summed E-state index contributed by atoms with van der Waals surface area (Å²) >= 11 is 0. The maximum absolute atomic E-state index is 10.5. The summed E-state index contributed by atoms with van der Waals surface area (Å²) in [5.74, 6) is 0.536. The summed E-state index contributed by atoms with van der Waals surface area (Å²) in [4.78, 5) is 12.6. The first-order valence-electron chi connectivity index (χ1n) is 5.31. The Bertz CT molecular complexity index is 215. The Balaban J connectivity index is 2.10. The summed E-state index contributed by atoms with van der Waals surface area (Å²) in [5, 5.41) is 7.70. The summed E-state index contributed by atoms with van der Waals surface area (Å²) in [7, 11) is 0. The highest BCUT2D eigenvalue weighted by atomic mass is 16.1. The van der Waals surface area contributed by atoms with E-state index in [1.54, 1.807) is 0 Å². The molecular weight excluding hydrogens is 178 g/mol. The maximum Gasteiger partial charge on any atom is 0.217 e. The molecule has 0 spiro atoms. The molecule has 1 rings (SSSR count). The van der Waals surface area contributed by atoms with Crippen molar-refractivity contribution in [2.75, 3.05) is 13.1 Å². The Morgan fingerprint density at radius 3 is 2.86 bits per heavy atom. The van der Waals surface area contributed by atoms with Crippen molar-refractivity contribution >= 4 is 11.7 Å². The van der Waals surface area contributed by atoms with Crippen molar-refractivity contribution in [2.24, 2.45) is 5.73 Å². The number of likely N-dealkylation sites (tertiary alicyclic amines) is 1. The molecule has 4 nitrogen and oxygen atoms in total. The normalized spacial score (nSPS) is 17.1. The van der Waals surface area contributed by atoms with Crippen molar-refractivity contribution in [3.8, 4) is 0 Å². The maximum atomic E-state index is 10.5. The van der Waals surface area contributed by atoms with Crippen molar-refractivity contribution in [3.63, 3.8) is 0 Å². The Labute approximate surface area is 85.0 Å². The van der Waals surface area contributed by atoms with Crippen LogP contribution in [0, 0.1) is 5.41 Å². The van der Waals surface area contributed by atoms with Crippen LogP contribution in [-0.4, -0.2) is 29.7 Å². The highest BCUT2D eigenvalue weighted by Gasteiger charge is 2.13. The number of rotatable bonds is 5. The molecule has 3 N–H and O–H groups in total. The third-order valence-electron chi connectivity index (χ3n) is 2.57. The van der Waals surface area contributed by atoms with E-state index in [0.29, 0.717) is 6.42 Å². The van der Waals surface area contributed by atoms with Gasteiger partial charge in [-0.2, -0.15) is 0 Å². The van der Waals surface area contributed by atoms with Gasteiger partial charge in [0.15, 0.2) is 0 Å². The number of piperidine rings is 1. The Morgan fingerprint density at radius 1 is 1.43 bits per heavy atom. The van der Waals surface area contributed by atoms with Crippen LogP contribution in [-0.2, 0) is 4.79 Å². The second-order valence-electron chi connectivity index (χ2n) is 3.81. The molecule has 0 aromatic rings. The molecule has 1 heterocycles. The number of hydrogen-bond acceptors (Lipinski definition) is 2. The van der Waals surface area contributed by atoms with E-state index in [2.05, 4.69) is 4.90 Å². The van der Waals surface area contributed by atoms with E-state index in [1.807, 2.05) is 0 Å². The molecule has 4 heteroatoms. The molecule has 0 radical (unpaired) electrons. The van der Waals surface area contributed by atoms with Gasteiger partial charge in [-0.1, -0.05) is 0 Å². The smallest absolute Gasteiger partial charge is 0.217 e. The average Bonchev–Trinajstić information content (AvgIpc) is 2.15. The second kappa shape index (κ2) is 5.62. The Hall–Kier alpha value is -1.06. The molecule has 1 aliphatic rings. The van der Waals surface area contributed by atoms with E-state index in [1.165, 1.54) is 6.42 Å². The molecule has 1 aliphatic heterocycles. The van der Waals surface area contributed by atoms with Gasteiger partial charge < -0.3 is 10.6 Å². The van der Waals surface area contributed by atoms with Crippen LogP contribution in [0.1, 0.15) is 38.5 Å². The molecule has 0 aromatic heterocycles. The first kappa shape index (κ1) is 11.0. The molecule has 0 atom stereocenters. The molecule has 1 amide bonds. The molecule has 0 aromatic carbocycles. The zero-order chi connectivity index (χ0) is 10.4. The Kier molecular flexibility index (Phi) is 4.43. The van der Waals surface area contributed by atoms with E-state index in [-0.39, 0.29) is 5.91 Å². The van der Waals surface area contributed by atoms with Crippen LogP contribution < -0.4 is 5.73 Å². The summed E-state index contributed by atoms with van der Waals surface area (Å²) in [5.41, 5.74) is 5.04. The summed E-state index contributed by atoms with van der Waals surface area (Å²) in [6, 6.07) is 0. The fourth-order valence-corrected chi connectivity index (χ4v) is 1.74. The third kappa shape index (κ3) is 3.77. The van der Waals surface area contributed by atoms with Gasteiger partial charge in [0.1, 0.15) is 0 Å². The molecule has 0 saturated carbocycles. The van der Waals surface area contributed by atoms with Crippen LogP contribution in [0.4, 0.5) is 0 Å². The van der Waals surface area contributed by atoms with E-state index < -0.39 is 0 Å². The molecule has 1 fully saturated rings.